The number of halogens is 1. The first-order valence-corrected chi connectivity index (χ1v) is 5.95. The second-order valence-corrected chi connectivity index (χ2v) is 5.52. The van der Waals surface area contributed by atoms with E-state index in [1.54, 1.807) is 6.07 Å². The Morgan fingerprint density at radius 2 is 1.86 bits per heavy atom. The molecule has 0 unspecified atom stereocenters. The molecule has 0 bridgehead atoms. The summed E-state index contributed by atoms with van der Waals surface area (Å²) < 4.78 is 23.1. The molecule has 0 saturated heterocycles. The molecule has 0 amide bonds. The van der Waals surface area contributed by atoms with Crippen molar-refractivity contribution >= 4 is 43.9 Å². The lowest BCUT2D eigenvalue weighted by atomic mass is 10.3. The molecule has 2 rings (SSSR count). The number of nitrogens with two attached hydrogens (primary N) is 1. The third-order valence-corrected chi connectivity index (χ3v) is 4.22. The summed E-state index contributed by atoms with van der Waals surface area (Å²) in [6, 6.07) is 9.05. The van der Waals surface area contributed by atoms with E-state index in [1.807, 2.05) is 24.3 Å². The number of benzene rings is 1. The zero-order chi connectivity index (χ0) is 9.47. The van der Waals surface area contributed by atoms with Crippen LogP contribution in [0.15, 0.2) is 34.5 Å². The van der Waals surface area contributed by atoms with Crippen molar-refractivity contribution in [1.29, 1.82) is 0 Å². The largest absolute Gasteiger partial charge is 0.247 e. The molecule has 0 atom stereocenters. The zero-order valence-corrected chi connectivity index (χ0v) is 9.45. The first-order chi connectivity index (χ1) is 6.07. The van der Waals surface area contributed by atoms with Crippen LogP contribution in [-0.4, -0.2) is 8.42 Å². The molecule has 1 aromatic heterocycles. The highest BCUT2D eigenvalue weighted by atomic mass is 35.5. The van der Waals surface area contributed by atoms with Gasteiger partial charge in [-0.25, -0.2) is 13.6 Å². The molecule has 0 saturated carbocycles. The van der Waals surface area contributed by atoms with Crippen molar-refractivity contribution in [2.75, 3.05) is 0 Å². The summed E-state index contributed by atoms with van der Waals surface area (Å²) in [5, 5.41) is 5.92. The summed E-state index contributed by atoms with van der Waals surface area (Å²) >= 11 is 1.19. The Bertz CT molecular complexity index is 514. The summed E-state index contributed by atoms with van der Waals surface area (Å²) in [6.07, 6.45) is 0. The van der Waals surface area contributed by atoms with Crippen LogP contribution in [0.4, 0.5) is 0 Å². The maximum atomic E-state index is 11.0. The van der Waals surface area contributed by atoms with Gasteiger partial charge < -0.3 is 0 Å². The lowest BCUT2D eigenvalue weighted by Gasteiger charge is -1.86. The van der Waals surface area contributed by atoms with Crippen LogP contribution in [0.25, 0.3) is 10.1 Å². The monoisotopic (exact) mass is 249 g/mol. The number of primary sulfonamides is 1. The normalized spacial score (nSPS) is 11.2. The molecule has 0 aliphatic carbocycles. The van der Waals surface area contributed by atoms with Gasteiger partial charge in [-0.05, 0) is 17.5 Å². The number of hydrogen-bond donors (Lipinski definition) is 1. The summed E-state index contributed by atoms with van der Waals surface area (Å²) in [7, 11) is -3.55. The van der Waals surface area contributed by atoms with Crippen molar-refractivity contribution in [1.82, 2.24) is 0 Å². The minimum absolute atomic E-state index is 0. The van der Waals surface area contributed by atoms with Crippen molar-refractivity contribution in [3.05, 3.63) is 30.3 Å². The molecule has 76 valence electrons. The fourth-order valence-corrected chi connectivity index (χ4v) is 2.92. The Kier molecular flexibility index (Phi) is 3.16. The predicted octanol–water partition coefficient (Wildman–Crippen LogP) is 1.97. The SMILES string of the molecule is Cl.NS(=O)(=O)c1cc2ccccc2s1. The number of hydrogen-bond acceptors (Lipinski definition) is 3. The van der Waals surface area contributed by atoms with Crippen molar-refractivity contribution in [3.63, 3.8) is 0 Å². The third-order valence-electron chi connectivity index (χ3n) is 1.68. The van der Waals surface area contributed by atoms with E-state index in [9.17, 15) is 8.42 Å². The zero-order valence-electron chi connectivity index (χ0n) is 7.01. The Labute approximate surface area is 92.0 Å². The van der Waals surface area contributed by atoms with Crippen LogP contribution in [0.1, 0.15) is 0 Å². The first-order valence-electron chi connectivity index (χ1n) is 3.59. The Balaban J connectivity index is 0.000000980. The van der Waals surface area contributed by atoms with Gasteiger partial charge in [-0.2, -0.15) is 0 Å². The van der Waals surface area contributed by atoms with E-state index in [-0.39, 0.29) is 16.6 Å². The molecule has 0 aliphatic rings. The Morgan fingerprint density at radius 1 is 1.21 bits per heavy atom. The molecule has 1 heterocycles. The van der Waals surface area contributed by atoms with Gasteiger partial charge in [0.05, 0.1) is 0 Å². The fraction of sp³-hybridized carbons (Fsp3) is 0. The van der Waals surface area contributed by atoms with E-state index < -0.39 is 10.0 Å². The van der Waals surface area contributed by atoms with Crippen LogP contribution in [-0.2, 0) is 10.0 Å². The van der Waals surface area contributed by atoms with Crippen LogP contribution in [0, 0.1) is 0 Å². The van der Waals surface area contributed by atoms with Gasteiger partial charge in [0, 0.05) is 4.70 Å². The average Bonchev–Trinajstić information content (AvgIpc) is 2.45. The molecule has 2 aromatic rings. The highest BCUT2D eigenvalue weighted by Crippen LogP contribution is 2.27. The van der Waals surface area contributed by atoms with Crippen LogP contribution >= 0.6 is 23.7 Å². The molecule has 0 aliphatic heterocycles. The number of fused-ring (bicyclic) bond motifs is 1. The average molecular weight is 250 g/mol. The van der Waals surface area contributed by atoms with E-state index in [0.29, 0.717) is 0 Å². The van der Waals surface area contributed by atoms with Gasteiger partial charge >= 0.3 is 0 Å². The highest BCUT2D eigenvalue weighted by molar-refractivity contribution is 7.91. The topological polar surface area (TPSA) is 60.2 Å². The van der Waals surface area contributed by atoms with Crippen LogP contribution in [0.3, 0.4) is 0 Å². The molecule has 0 radical (unpaired) electrons. The molecule has 2 N–H and O–H groups in total. The maximum Gasteiger partial charge on any atom is 0.247 e. The maximum absolute atomic E-state index is 11.0. The highest BCUT2D eigenvalue weighted by Gasteiger charge is 2.11. The van der Waals surface area contributed by atoms with Gasteiger partial charge in [0.15, 0.2) is 0 Å². The second kappa shape index (κ2) is 3.86. The van der Waals surface area contributed by atoms with Crippen molar-refractivity contribution in [2.24, 2.45) is 5.14 Å². The minimum Gasteiger partial charge on any atom is -0.224 e. The summed E-state index contributed by atoms with van der Waals surface area (Å²) in [5.74, 6) is 0. The fourth-order valence-electron chi connectivity index (χ4n) is 1.10. The second-order valence-electron chi connectivity index (χ2n) is 2.65. The van der Waals surface area contributed by atoms with E-state index in [4.69, 9.17) is 5.14 Å². The third kappa shape index (κ3) is 2.06. The lowest BCUT2D eigenvalue weighted by molar-refractivity contribution is 0.600. The summed E-state index contributed by atoms with van der Waals surface area (Å²) in [4.78, 5) is 0. The van der Waals surface area contributed by atoms with Gasteiger partial charge in [-0.1, -0.05) is 18.2 Å². The van der Waals surface area contributed by atoms with Gasteiger partial charge in [-0.15, -0.1) is 23.7 Å². The van der Waals surface area contributed by atoms with Gasteiger partial charge in [0.2, 0.25) is 10.0 Å². The van der Waals surface area contributed by atoms with Crippen molar-refractivity contribution in [3.8, 4) is 0 Å². The van der Waals surface area contributed by atoms with Gasteiger partial charge in [-0.3, -0.25) is 0 Å². The Morgan fingerprint density at radius 3 is 2.43 bits per heavy atom. The number of sulfonamides is 1. The molecule has 14 heavy (non-hydrogen) atoms. The van der Waals surface area contributed by atoms with Crippen LogP contribution in [0.2, 0.25) is 0 Å². The van der Waals surface area contributed by atoms with Crippen molar-refractivity contribution in [2.45, 2.75) is 4.21 Å². The molecular formula is C8H8ClNO2S2. The Hall–Kier alpha value is -0.620. The molecule has 3 nitrogen and oxygen atoms in total. The minimum atomic E-state index is -3.55. The van der Waals surface area contributed by atoms with E-state index in [1.165, 1.54) is 11.3 Å². The predicted molar refractivity (Wildman–Crippen MR) is 60.4 cm³/mol. The molecule has 6 heteroatoms. The van der Waals surface area contributed by atoms with Gasteiger partial charge in [0.1, 0.15) is 4.21 Å². The van der Waals surface area contributed by atoms with Crippen LogP contribution in [0.5, 0.6) is 0 Å². The molecule has 1 aromatic carbocycles. The van der Waals surface area contributed by atoms with E-state index in [2.05, 4.69) is 0 Å². The number of rotatable bonds is 1. The lowest BCUT2D eigenvalue weighted by Crippen LogP contribution is -2.09. The molecule has 0 spiro atoms. The first kappa shape index (κ1) is 11.5. The van der Waals surface area contributed by atoms with E-state index >= 15 is 0 Å². The van der Waals surface area contributed by atoms with Crippen LogP contribution < -0.4 is 5.14 Å². The molecule has 0 fully saturated rings. The quantitative estimate of drug-likeness (QED) is 0.840. The summed E-state index contributed by atoms with van der Waals surface area (Å²) in [5.41, 5.74) is 0. The van der Waals surface area contributed by atoms with Gasteiger partial charge in [0.25, 0.3) is 0 Å². The summed E-state index contributed by atoms with van der Waals surface area (Å²) in [6.45, 7) is 0. The molecular weight excluding hydrogens is 242 g/mol. The van der Waals surface area contributed by atoms with Crippen molar-refractivity contribution < 1.29 is 8.42 Å². The smallest absolute Gasteiger partial charge is 0.224 e. The van der Waals surface area contributed by atoms with E-state index in [0.717, 1.165) is 10.1 Å². The standard InChI is InChI=1S/C8H7NO2S2.ClH/c9-13(10,11)8-5-6-3-1-2-4-7(6)12-8;/h1-5H,(H2,9,10,11);1H. The number of thiophene rings is 1.